The second-order valence-corrected chi connectivity index (χ2v) is 4.83. The molecular formula is C15H14F6O. The van der Waals surface area contributed by atoms with Crippen LogP contribution in [0.5, 0.6) is 0 Å². The van der Waals surface area contributed by atoms with Crippen LogP contribution in [0.4, 0.5) is 26.3 Å². The van der Waals surface area contributed by atoms with Gasteiger partial charge in [0.1, 0.15) is 5.76 Å². The molecule has 1 aromatic rings. The summed E-state index contributed by atoms with van der Waals surface area (Å²) in [6, 6.07) is 1.38. The molecule has 0 bridgehead atoms. The van der Waals surface area contributed by atoms with Gasteiger partial charge < -0.3 is 5.11 Å². The van der Waals surface area contributed by atoms with Crippen LogP contribution in [-0.2, 0) is 12.4 Å². The first-order valence-electron chi connectivity index (χ1n) is 6.19. The lowest BCUT2D eigenvalue weighted by Gasteiger charge is -2.19. The Bertz CT molecular complexity index is 563. The fraction of sp³-hybridized carbons (Fsp3) is 0.333. The van der Waals surface area contributed by atoms with Crippen molar-refractivity contribution in [2.24, 2.45) is 0 Å². The molecule has 7 heteroatoms. The maximum absolute atomic E-state index is 12.8. The fourth-order valence-electron chi connectivity index (χ4n) is 1.86. The van der Waals surface area contributed by atoms with Crippen molar-refractivity contribution in [1.82, 2.24) is 0 Å². The van der Waals surface area contributed by atoms with Gasteiger partial charge in [-0.1, -0.05) is 13.5 Å². The van der Waals surface area contributed by atoms with Crippen molar-refractivity contribution in [2.45, 2.75) is 32.1 Å². The average molecular weight is 324 g/mol. The summed E-state index contributed by atoms with van der Waals surface area (Å²) in [5.74, 6) is -1.11. The smallest absolute Gasteiger partial charge is 0.416 e. The van der Waals surface area contributed by atoms with E-state index in [1.165, 1.54) is 13.8 Å². The second kappa shape index (κ2) is 6.06. The maximum atomic E-state index is 12.8. The zero-order chi connectivity index (χ0) is 17.3. The van der Waals surface area contributed by atoms with Crippen LogP contribution in [0.1, 0.15) is 36.5 Å². The fourth-order valence-corrected chi connectivity index (χ4v) is 1.86. The van der Waals surface area contributed by atoms with Gasteiger partial charge in [-0.25, -0.2) is 0 Å². The topological polar surface area (TPSA) is 20.2 Å². The van der Waals surface area contributed by atoms with Crippen molar-refractivity contribution in [3.63, 3.8) is 0 Å². The molecule has 0 aliphatic heterocycles. The second-order valence-electron chi connectivity index (χ2n) is 4.83. The van der Waals surface area contributed by atoms with Crippen molar-refractivity contribution < 1.29 is 31.4 Å². The van der Waals surface area contributed by atoms with Gasteiger partial charge in [0, 0.05) is 5.92 Å². The number of aliphatic hydroxyl groups excluding tert-OH is 1. The number of halogens is 6. The van der Waals surface area contributed by atoms with E-state index in [4.69, 9.17) is 0 Å². The molecule has 1 unspecified atom stereocenters. The van der Waals surface area contributed by atoms with E-state index in [1.54, 1.807) is 0 Å². The summed E-state index contributed by atoms with van der Waals surface area (Å²) >= 11 is 0. The molecule has 1 aromatic carbocycles. The molecule has 0 aromatic heterocycles. The van der Waals surface area contributed by atoms with Crippen molar-refractivity contribution in [1.29, 1.82) is 0 Å². The minimum atomic E-state index is -4.90. The zero-order valence-electron chi connectivity index (χ0n) is 11.8. The third kappa shape index (κ3) is 4.05. The van der Waals surface area contributed by atoms with E-state index in [9.17, 15) is 31.4 Å². The molecule has 0 spiro atoms. The number of allylic oxidation sites excluding steroid dienone is 2. The molecule has 1 N–H and O–H groups in total. The SMILES string of the molecule is C=C/C(O)=C(\C)C(C)c1cc(C(F)(F)F)cc(C(F)(F)F)c1. The van der Waals surface area contributed by atoms with Gasteiger partial charge in [-0.2, -0.15) is 26.3 Å². The van der Waals surface area contributed by atoms with Crippen LogP contribution >= 0.6 is 0 Å². The highest BCUT2D eigenvalue weighted by molar-refractivity contribution is 5.39. The summed E-state index contributed by atoms with van der Waals surface area (Å²) in [4.78, 5) is 0. The Balaban J connectivity index is 3.52. The Hall–Kier alpha value is -1.92. The van der Waals surface area contributed by atoms with Crippen LogP contribution in [0.2, 0.25) is 0 Å². The maximum Gasteiger partial charge on any atom is 0.416 e. The van der Waals surface area contributed by atoms with E-state index in [2.05, 4.69) is 6.58 Å². The first-order valence-corrected chi connectivity index (χ1v) is 6.19. The summed E-state index contributed by atoms with van der Waals surface area (Å²) in [5.41, 5.74) is -2.72. The molecule has 0 fully saturated rings. The summed E-state index contributed by atoms with van der Waals surface area (Å²) in [6.07, 6.45) is -8.72. The monoisotopic (exact) mass is 324 g/mol. The molecule has 0 aliphatic rings. The molecule has 0 saturated heterocycles. The Morgan fingerprint density at radius 3 is 1.77 bits per heavy atom. The summed E-state index contributed by atoms with van der Waals surface area (Å²) in [5, 5.41) is 9.53. The average Bonchev–Trinajstić information content (AvgIpc) is 2.42. The summed E-state index contributed by atoms with van der Waals surface area (Å²) < 4.78 is 76.7. The van der Waals surface area contributed by atoms with Crippen LogP contribution in [0.3, 0.4) is 0 Å². The first kappa shape index (κ1) is 18.1. The van der Waals surface area contributed by atoms with Crippen molar-refractivity contribution in [3.8, 4) is 0 Å². The Labute approximate surface area is 123 Å². The van der Waals surface area contributed by atoms with E-state index in [1.807, 2.05) is 0 Å². The van der Waals surface area contributed by atoms with Gasteiger partial charge in [-0.15, -0.1) is 0 Å². The van der Waals surface area contributed by atoms with E-state index < -0.39 is 29.4 Å². The molecule has 0 saturated carbocycles. The predicted molar refractivity (Wildman–Crippen MR) is 70.4 cm³/mol. The lowest BCUT2D eigenvalue weighted by Crippen LogP contribution is -2.13. The Morgan fingerprint density at radius 2 is 1.45 bits per heavy atom. The normalized spacial score (nSPS) is 15.3. The van der Waals surface area contributed by atoms with Gasteiger partial charge in [0.15, 0.2) is 0 Å². The van der Waals surface area contributed by atoms with Gasteiger partial charge in [-0.05, 0) is 42.3 Å². The largest absolute Gasteiger partial charge is 0.508 e. The Kier molecular flexibility index (Phi) is 4.99. The third-order valence-electron chi connectivity index (χ3n) is 3.36. The van der Waals surface area contributed by atoms with E-state index in [-0.39, 0.29) is 23.0 Å². The number of hydrogen-bond donors (Lipinski definition) is 1. The first-order chi connectivity index (χ1) is 9.87. The molecule has 0 amide bonds. The molecule has 0 aliphatic carbocycles. The minimum absolute atomic E-state index is 0.0720. The number of alkyl halides is 6. The number of rotatable bonds is 3. The highest BCUT2D eigenvalue weighted by atomic mass is 19.4. The molecule has 1 atom stereocenters. The van der Waals surface area contributed by atoms with E-state index >= 15 is 0 Å². The molecule has 122 valence electrons. The summed E-state index contributed by atoms with van der Waals surface area (Å²) in [7, 11) is 0. The molecule has 1 rings (SSSR count). The summed E-state index contributed by atoms with van der Waals surface area (Å²) in [6.45, 7) is 6.12. The highest BCUT2D eigenvalue weighted by Crippen LogP contribution is 2.39. The highest BCUT2D eigenvalue weighted by Gasteiger charge is 2.37. The number of benzene rings is 1. The number of hydrogen-bond acceptors (Lipinski definition) is 1. The van der Waals surface area contributed by atoms with Crippen molar-refractivity contribution in [3.05, 3.63) is 58.9 Å². The van der Waals surface area contributed by atoms with Crippen LogP contribution in [0.25, 0.3) is 0 Å². The molecule has 0 heterocycles. The van der Waals surface area contributed by atoms with E-state index in [0.717, 1.165) is 6.08 Å². The van der Waals surface area contributed by atoms with Crippen LogP contribution in [0.15, 0.2) is 42.2 Å². The lowest BCUT2D eigenvalue weighted by atomic mass is 9.90. The van der Waals surface area contributed by atoms with Gasteiger partial charge in [0.25, 0.3) is 0 Å². The van der Waals surface area contributed by atoms with Crippen LogP contribution in [-0.4, -0.2) is 5.11 Å². The Morgan fingerprint density at radius 1 is 1.05 bits per heavy atom. The molecule has 22 heavy (non-hydrogen) atoms. The lowest BCUT2D eigenvalue weighted by molar-refractivity contribution is -0.143. The van der Waals surface area contributed by atoms with Gasteiger partial charge in [0.05, 0.1) is 11.1 Å². The third-order valence-corrected chi connectivity index (χ3v) is 3.36. The molecular weight excluding hydrogens is 310 g/mol. The molecule has 0 radical (unpaired) electrons. The minimum Gasteiger partial charge on any atom is -0.508 e. The van der Waals surface area contributed by atoms with Gasteiger partial charge in [0.2, 0.25) is 0 Å². The number of aliphatic hydroxyl groups is 1. The van der Waals surface area contributed by atoms with Crippen LogP contribution < -0.4 is 0 Å². The predicted octanol–water partition coefficient (Wildman–Crippen LogP) is 5.85. The van der Waals surface area contributed by atoms with Crippen molar-refractivity contribution >= 4 is 0 Å². The van der Waals surface area contributed by atoms with Crippen LogP contribution in [0, 0.1) is 0 Å². The van der Waals surface area contributed by atoms with E-state index in [0.29, 0.717) is 12.1 Å². The molecule has 1 nitrogen and oxygen atoms in total. The van der Waals surface area contributed by atoms with Gasteiger partial charge in [-0.3, -0.25) is 0 Å². The van der Waals surface area contributed by atoms with Gasteiger partial charge >= 0.3 is 12.4 Å². The zero-order valence-corrected chi connectivity index (χ0v) is 11.8. The van der Waals surface area contributed by atoms with Crippen molar-refractivity contribution in [2.75, 3.05) is 0 Å². The standard InChI is InChI=1S/C15H14F6O/c1-4-13(22)9(3)8(2)10-5-11(14(16,17)18)7-12(6-10)15(19,20)21/h4-8,22H,1H2,2-3H3/b13-9-. The quantitative estimate of drug-likeness (QED) is 0.420.